The van der Waals surface area contributed by atoms with Crippen LogP contribution in [0.3, 0.4) is 0 Å². The number of para-hydroxylation sites is 1. The molecule has 2 aliphatic heterocycles. The second-order valence-corrected chi connectivity index (χ2v) is 8.81. The number of hydrogen-bond acceptors (Lipinski definition) is 5. The Balaban J connectivity index is 1.47. The van der Waals surface area contributed by atoms with Gasteiger partial charge >= 0.3 is 6.09 Å². The molecule has 6 heteroatoms. The number of ether oxygens (including phenoxy) is 4. The van der Waals surface area contributed by atoms with Gasteiger partial charge in [-0.1, -0.05) is 29.8 Å². The quantitative estimate of drug-likeness (QED) is 0.568. The van der Waals surface area contributed by atoms with E-state index in [2.05, 4.69) is 32.2 Å². The minimum Gasteiger partial charge on any atom is -0.443 e. The van der Waals surface area contributed by atoms with Crippen molar-refractivity contribution >= 4 is 11.8 Å². The Kier molecular flexibility index (Phi) is 5.44. The van der Waals surface area contributed by atoms with E-state index in [0.717, 1.165) is 19.4 Å². The van der Waals surface area contributed by atoms with Crippen LogP contribution in [0.1, 0.15) is 40.0 Å². The minimum absolute atomic E-state index is 0.0267. The van der Waals surface area contributed by atoms with Crippen LogP contribution < -0.4 is 5.32 Å². The van der Waals surface area contributed by atoms with Crippen LogP contribution in [0.2, 0.25) is 0 Å². The molecule has 3 aliphatic rings. The first-order valence-electron chi connectivity index (χ1n) is 10.4. The first kappa shape index (κ1) is 20.4. The maximum atomic E-state index is 12.5. The molecule has 1 aromatic carbocycles. The number of anilines is 1. The summed E-state index contributed by atoms with van der Waals surface area (Å²) >= 11 is 0. The molecule has 1 aromatic rings. The third kappa shape index (κ3) is 4.06. The number of epoxide rings is 2. The molecule has 2 heterocycles. The lowest BCUT2D eigenvalue weighted by molar-refractivity contribution is -0.116. The molecule has 6 unspecified atom stereocenters. The second-order valence-electron chi connectivity index (χ2n) is 8.81. The summed E-state index contributed by atoms with van der Waals surface area (Å²) < 4.78 is 23.8. The Morgan fingerprint density at radius 2 is 2.03 bits per heavy atom. The number of methoxy groups -OCH3 is 1. The fraction of sp³-hybridized carbons (Fsp3) is 0.609. The van der Waals surface area contributed by atoms with Gasteiger partial charge in [-0.15, -0.1) is 0 Å². The van der Waals surface area contributed by atoms with Crippen molar-refractivity contribution in [3.63, 3.8) is 0 Å². The molecular formula is C23H31NO5. The minimum atomic E-state index is -0.461. The van der Waals surface area contributed by atoms with E-state index in [1.54, 1.807) is 7.11 Å². The van der Waals surface area contributed by atoms with Crippen molar-refractivity contribution in [2.24, 2.45) is 5.92 Å². The highest BCUT2D eigenvalue weighted by Crippen LogP contribution is 2.59. The Morgan fingerprint density at radius 1 is 1.31 bits per heavy atom. The van der Waals surface area contributed by atoms with Gasteiger partial charge in [0.2, 0.25) is 0 Å². The average Bonchev–Trinajstić information content (AvgIpc) is 3.60. The van der Waals surface area contributed by atoms with Crippen molar-refractivity contribution in [1.29, 1.82) is 0 Å². The van der Waals surface area contributed by atoms with Gasteiger partial charge in [0.1, 0.15) is 23.4 Å². The topological polar surface area (TPSA) is 72.6 Å². The molecule has 6 atom stereocenters. The zero-order valence-corrected chi connectivity index (χ0v) is 17.6. The van der Waals surface area contributed by atoms with Gasteiger partial charge in [-0.2, -0.15) is 0 Å². The molecule has 1 amide bonds. The van der Waals surface area contributed by atoms with Crippen LogP contribution in [0.15, 0.2) is 42.0 Å². The summed E-state index contributed by atoms with van der Waals surface area (Å²) in [6.45, 7) is 7.05. The largest absolute Gasteiger partial charge is 0.443 e. The zero-order chi connectivity index (χ0) is 20.6. The van der Waals surface area contributed by atoms with Gasteiger partial charge in [0, 0.05) is 12.8 Å². The lowest BCUT2D eigenvalue weighted by atomic mass is 9.68. The maximum Gasteiger partial charge on any atom is 0.411 e. The SMILES string of the molecule is COC1C(OC(=O)Nc2ccccc2)CCC2(CO2)C1C1(C)OC1CC=C(C)C. The molecule has 6 nitrogen and oxygen atoms in total. The van der Waals surface area contributed by atoms with Crippen molar-refractivity contribution in [1.82, 2.24) is 0 Å². The summed E-state index contributed by atoms with van der Waals surface area (Å²) in [4.78, 5) is 12.5. The van der Waals surface area contributed by atoms with Crippen LogP contribution in [-0.4, -0.2) is 49.3 Å². The third-order valence-corrected chi connectivity index (χ3v) is 6.52. The molecule has 1 aliphatic carbocycles. The van der Waals surface area contributed by atoms with Crippen molar-refractivity contribution < 1.29 is 23.7 Å². The summed E-state index contributed by atoms with van der Waals surface area (Å²) in [5, 5.41) is 2.79. The molecule has 1 spiro atoms. The molecular weight excluding hydrogens is 370 g/mol. The lowest BCUT2D eigenvalue weighted by Gasteiger charge is -2.42. The molecule has 2 saturated heterocycles. The third-order valence-electron chi connectivity index (χ3n) is 6.52. The van der Waals surface area contributed by atoms with Gasteiger partial charge in [-0.25, -0.2) is 4.79 Å². The second kappa shape index (κ2) is 7.74. The molecule has 3 fully saturated rings. The fourth-order valence-corrected chi connectivity index (χ4v) is 4.88. The van der Waals surface area contributed by atoms with E-state index in [-0.39, 0.29) is 35.4 Å². The summed E-state index contributed by atoms with van der Waals surface area (Å²) in [7, 11) is 1.68. The lowest BCUT2D eigenvalue weighted by Crippen LogP contribution is -2.55. The van der Waals surface area contributed by atoms with E-state index < -0.39 is 6.09 Å². The van der Waals surface area contributed by atoms with Gasteiger partial charge in [0.25, 0.3) is 0 Å². The van der Waals surface area contributed by atoms with Crippen LogP contribution in [0.5, 0.6) is 0 Å². The number of rotatable bonds is 6. The van der Waals surface area contributed by atoms with Crippen LogP contribution in [0.4, 0.5) is 10.5 Å². The Hall–Kier alpha value is -1.89. The number of hydrogen-bond donors (Lipinski definition) is 1. The van der Waals surface area contributed by atoms with Gasteiger partial charge in [-0.05, 0) is 52.2 Å². The molecule has 158 valence electrons. The number of carbonyl (C=O) groups excluding carboxylic acids is 1. The van der Waals surface area contributed by atoms with Crippen LogP contribution >= 0.6 is 0 Å². The van der Waals surface area contributed by atoms with Crippen molar-refractivity contribution in [2.45, 2.75) is 69.5 Å². The van der Waals surface area contributed by atoms with Crippen molar-refractivity contribution in [3.8, 4) is 0 Å². The summed E-state index contributed by atoms with van der Waals surface area (Å²) in [5.74, 6) is 0.0267. The monoisotopic (exact) mass is 401 g/mol. The van der Waals surface area contributed by atoms with E-state index in [0.29, 0.717) is 12.1 Å². The molecule has 0 radical (unpaired) electrons. The van der Waals surface area contributed by atoms with E-state index in [1.165, 1.54) is 5.57 Å². The highest BCUT2D eigenvalue weighted by Gasteiger charge is 2.72. The van der Waals surface area contributed by atoms with E-state index >= 15 is 0 Å². The maximum absolute atomic E-state index is 12.5. The molecule has 0 aromatic heterocycles. The van der Waals surface area contributed by atoms with E-state index in [1.807, 2.05) is 30.3 Å². The Bertz CT molecular complexity index is 771. The van der Waals surface area contributed by atoms with Crippen molar-refractivity contribution in [3.05, 3.63) is 42.0 Å². The van der Waals surface area contributed by atoms with E-state index in [9.17, 15) is 4.79 Å². The number of benzene rings is 1. The zero-order valence-electron chi connectivity index (χ0n) is 17.6. The predicted octanol–water partition coefficient (Wildman–Crippen LogP) is 4.31. The van der Waals surface area contributed by atoms with Crippen molar-refractivity contribution in [2.75, 3.05) is 19.0 Å². The van der Waals surface area contributed by atoms with Gasteiger partial charge < -0.3 is 18.9 Å². The molecule has 1 saturated carbocycles. The number of nitrogens with one attached hydrogen (secondary N) is 1. The van der Waals surface area contributed by atoms with Gasteiger partial charge in [-0.3, -0.25) is 5.32 Å². The average molecular weight is 402 g/mol. The molecule has 1 N–H and O–H groups in total. The molecule has 4 rings (SSSR count). The van der Waals surface area contributed by atoms with Crippen LogP contribution in [-0.2, 0) is 18.9 Å². The van der Waals surface area contributed by atoms with Gasteiger partial charge in [0.15, 0.2) is 0 Å². The Morgan fingerprint density at radius 3 is 2.66 bits per heavy atom. The fourth-order valence-electron chi connectivity index (χ4n) is 4.88. The molecule has 29 heavy (non-hydrogen) atoms. The highest BCUT2D eigenvalue weighted by molar-refractivity contribution is 5.84. The van der Waals surface area contributed by atoms with Gasteiger partial charge in [0.05, 0.1) is 18.6 Å². The van der Waals surface area contributed by atoms with Crippen LogP contribution in [0, 0.1) is 5.92 Å². The standard InChI is InChI=1S/C23H31NO5/c1-15(2)10-11-18-22(3,29-18)20-19(26-4)17(12-13-23(20)14-27-23)28-21(25)24-16-8-6-5-7-9-16/h5-10,17-20H,11-14H2,1-4H3,(H,24,25). The number of amides is 1. The smallest absolute Gasteiger partial charge is 0.411 e. The summed E-state index contributed by atoms with van der Waals surface area (Å²) in [6.07, 6.45) is 3.71. The summed E-state index contributed by atoms with van der Waals surface area (Å²) in [6, 6.07) is 9.31. The number of carbonyl (C=O) groups is 1. The van der Waals surface area contributed by atoms with E-state index in [4.69, 9.17) is 18.9 Å². The van der Waals surface area contributed by atoms with Crippen LogP contribution in [0.25, 0.3) is 0 Å². The predicted molar refractivity (Wildman–Crippen MR) is 110 cm³/mol. The highest BCUT2D eigenvalue weighted by atomic mass is 16.6. The summed E-state index contributed by atoms with van der Waals surface area (Å²) in [5.41, 5.74) is 1.44. The molecule has 0 bridgehead atoms. The first-order chi connectivity index (χ1) is 13.9. The first-order valence-corrected chi connectivity index (χ1v) is 10.4. The number of allylic oxidation sites excluding steroid dienone is 1. The normalized spacial score (nSPS) is 37.7. The Labute approximate surface area is 172 Å².